The Morgan fingerprint density at radius 1 is 1.15 bits per heavy atom. The quantitative estimate of drug-likeness (QED) is 0.666. The number of nitrogens with zero attached hydrogens (tertiary/aromatic N) is 3. The van der Waals surface area contributed by atoms with Gasteiger partial charge in [-0.1, -0.05) is 27.2 Å². The third-order valence-corrected chi connectivity index (χ3v) is 3.59. The lowest BCUT2D eigenvalue weighted by Crippen LogP contribution is -2.34. The van der Waals surface area contributed by atoms with Crippen LogP contribution >= 0.6 is 0 Å². The second-order valence-electron chi connectivity index (χ2n) is 5.35. The fourth-order valence-electron chi connectivity index (χ4n) is 2.09. The van der Waals surface area contributed by atoms with Crippen LogP contribution in [-0.4, -0.2) is 29.1 Å². The molecule has 4 heteroatoms. The number of rotatable bonds is 10. The lowest BCUT2D eigenvalue weighted by atomic mass is 10.2. The molecule has 1 N–H and O–H groups in total. The summed E-state index contributed by atoms with van der Waals surface area (Å²) in [4.78, 5) is 11.5. The lowest BCUT2D eigenvalue weighted by Gasteiger charge is -2.29. The first kappa shape index (κ1) is 16.9. The van der Waals surface area contributed by atoms with Gasteiger partial charge in [0, 0.05) is 19.1 Å². The first-order chi connectivity index (χ1) is 9.72. The fraction of sp³-hybridized carbons (Fsp3) is 0.750. The molecule has 0 aliphatic carbocycles. The smallest absolute Gasteiger partial charge is 0.147 e. The predicted molar refractivity (Wildman–Crippen MR) is 86.0 cm³/mol. The van der Waals surface area contributed by atoms with Crippen LogP contribution < -0.4 is 10.2 Å². The molecule has 0 radical (unpaired) electrons. The second-order valence-corrected chi connectivity index (χ2v) is 5.35. The predicted octanol–water partition coefficient (Wildman–Crippen LogP) is 3.38. The molecule has 0 spiro atoms. The Kier molecular flexibility index (Phi) is 8.19. The van der Waals surface area contributed by atoms with Crippen molar-refractivity contribution in [2.75, 3.05) is 18.0 Å². The van der Waals surface area contributed by atoms with E-state index < -0.39 is 0 Å². The Bertz CT molecular complexity index is 350. The van der Waals surface area contributed by atoms with Gasteiger partial charge in [-0.3, -0.25) is 4.98 Å². The average Bonchev–Trinajstić information content (AvgIpc) is 2.49. The number of anilines is 1. The molecule has 0 bridgehead atoms. The van der Waals surface area contributed by atoms with Crippen LogP contribution in [0.2, 0.25) is 0 Å². The number of unbranched alkanes of at least 4 members (excludes halogenated alkanes) is 1. The fourth-order valence-corrected chi connectivity index (χ4v) is 2.09. The summed E-state index contributed by atoms with van der Waals surface area (Å²) in [6.45, 7) is 11.8. The van der Waals surface area contributed by atoms with E-state index >= 15 is 0 Å². The lowest BCUT2D eigenvalue weighted by molar-refractivity contribution is 0.587. The van der Waals surface area contributed by atoms with E-state index in [0.29, 0.717) is 6.04 Å². The standard InChI is InChI=1S/C16H30N4/c1-5-8-10-20(14(4)7-3)16-13-18-15(12-19-16)11-17-9-6-2/h12-14,17H,5-11H2,1-4H3. The maximum atomic E-state index is 4.60. The molecule has 0 saturated heterocycles. The molecule has 0 fully saturated rings. The first-order valence-corrected chi connectivity index (χ1v) is 8.01. The zero-order chi connectivity index (χ0) is 14.8. The van der Waals surface area contributed by atoms with Gasteiger partial charge in [0.15, 0.2) is 0 Å². The van der Waals surface area contributed by atoms with Gasteiger partial charge in [0.2, 0.25) is 0 Å². The molecular weight excluding hydrogens is 248 g/mol. The van der Waals surface area contributed by atoms with Crippen molar-refractivity contribution < 1.29 is 0 Å². The van der Waals surface area contributed by atoms with Crippen LogP contribution in [0.15, 0.2) is 12.4 Å². The summed E-state index contributed by atoms with van der Waals surface area (Å²) in [6, 6.07) is 0.514. The van der Waals surface area contributed by atoms with E-state index in [4.69, 9.17) is 0 Å². The van der Waals surface area contributed by atoms with Crippen molar-refractivity contribution in [1.82, 2.24) is 15.3 Å². The van der Waals surface area contributed by atoms with Crippen LogP contribution in [0.25, 0.3) is 0 Å². The normalized spacial score (nSPS) is 12.4. The van der Waals surface area contributed by atoms with Gasteiger partial charge >= 0.3 is 0 Å². The topological polar surface area (TPSA) is 41.1 Å². The maximum absolute atomic E-state index is 4.60. The summed E-state index contributed by atoms with van der Waals surface area (Å²) >= 11 is 0. The van der Waals surface area contributed by atoms with Gasteiger partial charge < -0.3 is 10.2 Å². The molecule has 1 unspecified atom stereocenters. The molecule has 1 rings (SSSR count). The summed E-state index contributed by atoms with van der Waals surface area (Å²) in [5, 5.41) is 3.35. The number of hydrogen-bond donors (Lipinski definition) is 1. The van der Waals surface area contributed by atoms with Gasteiger partial charge in [-0.2, -0.15) is 0 Å². The molecule has 1 aromatic rings. The van der Waals surface area contributed by atoms with E-state index in [1.165, 1.54) is 12.8 Å². The van der Waals surface area contributed by atoms with E-state index in [1.54, 1.807) is 0 Å². The minimum atomic E-state index is 0.514. The van der Waals surface area contributed by atoms with Crippen molar-refractivity contribution in [3.63, 3.8) is 0 Å². The third kappa shape index (κ3) is 5.45. The Hall–Kier alpha value is -1.16. The van der Waals surface area contributed by atoms with E-state index in [2.05, 4.69) is 47.9 Å². The van der Waals surface area contributed by atoms with Crippen LogP contribution in [0.5, 0.6) is 0 Å². The molecule has 0 aromatic carbocycles. The highest BCUT2D eigenvalue weighted by Crippen LogP contribution is 2.15. The average molecular weight is 278 g/mol. The molecule has 1 aromatic heterocycles. The first-order valence-electron chi connectivity index (χ1n) is 8.01. The highest BCUT2D eigenvalue weighted by atomic mass is 15.2. The second kappa shape index (κ2) is 9.70. The van der Waals surface area contributed by atoms with Crippen molar-refractivity contribution in [2.24, 2.45) is 0 Å². The van der Waals surface area contributed by atoms with E-state index in [0.717, 1.165) is 44.0 Å². The van der Waals surface area contributed by atoms with Crippen molar-refractivity contribution in [1.29, 1.82) is 0 Å². The van der Waals surface area contributed by atoms with Crippen molar-refractivity contribution >= 4 is 5.82 Å². The van der Waals surface area contributed by atoms with Crippen molar-refractivity contribution in [3.05, 3.63) is 18.1 Å². The Morgan fingerprint density at radius 3 is 2.50 bits per heavy atom. The highest BCUT2D eigenvalue weighted by Gasteiger charge is 2.13. The molecule has 0 amide bonds. The van der Waals surface area contributed by atoms with Gasteiger partial charge in [0.1, 0.15) is 5.82 Å². The third-order valence-electron chi connectivity index (χ3n) is 3.59. The van der Waals surface area contributed by atoms with Gasteiger partial charge in [-0.25, -0.2) is 4.98 Å². The molecule has 20 heavy (non-hydrogen) atoms. The molecule has 114 valence electrons. The SMILES string of the molecule is CCCCN(c1cnc(CNCCC)cn1)C(C)CC. The largest absolute Gasteiger partial charge is 0.353 e. The minimum absolute atomic E-state index is 0.514. The van der Waals surface area contributed by atoms with E-state index in [9.17, 15) is 0 Å². The Labute approximate surface area is 124 Å². The molecule has 0 saturated carbocycles. The van der Waals surface area contributed by atoms with Crippen LogP contribution in [0.3, 0.4) is 0 Å². The van der Waals surface area contributed by atoms with Crippen LogP contribution in [0, 0.1) is 0 Å². The summed E-state index contributed by atoms with van der Waals surface area (Å²) in [5.41, 5.74) is 1.02. The summed E-state index contributed by atoms with van der Waals surface area (Å²) in [7, 11) is 0. The monoisotopic (exact) mass is 278 g/mol. The number of nitrogens with one attached hydrogen (secondary N) is 1. The highest BCUT2D eigenvalue weighted by molar-refractivity contribution is 5.37. The molecule has 4 nitrogen and oxygen atoms in total. The van der Waals surface area contributed by atoms with Gasteiger partial charge in [0.05, 0.1) is 18.1 Å². The van der Waals surface area contributed by atoms with E-state index in [-0.39, 0.29) is 0 Å². The summed E-state index contributed by atoms with van der Waals surface area (Å²) in [6.07, 6.45) is 8.50. The summed E-state index contributed by atoms with van der Waals surface area (Å²) < 4.78 is 0. The maximum Gasteiger partial charge on any atom is 0.147 e. The van der Waals surface area contributed by atoms with Crippen molar-refractivity contribution in [2.45, 2.75) is 66.0 Å². The zero-order valence-electron chi connectivity index (χ0n) is 13.5. The van der Waals surface area contributed by atoms with Crippen LogP contribution in [-0.2, 0) is 6.54 Å². The molecule has 1 atom stereocenters. The zero-order valence-corrected chi connectivity index (χ0v) is 13.5. The molecule has 1 heterocycles. The molecular formula is C16H30N4. The minimum Gasteiger partial charge on any atom is -0.353 e. The Morgan fingerprint density at radius 2 is 1.95 bits per heavy atom. The van der Waals surface area contributed by atoms with Crippen LogP contribution in [0.4, 0.5) is 5.82 Å². The molecule has 0 aliphatic heterocycles. The molecule has 0 aliphatic rings. The Balaban J connectivity index is 2.66. The summed E-state index contributed by atoms with van der Waals surface area (Å²) in [5.74, 6) is 1.01. The van der Waals surface area contributed by atoms with Gasteiger partial charge in [0.25, 0.3) is 0 Å². The van der Waals surface area contributed by atoms with Gasteiger partial charge in [-0.15, -0.1) is 0 Å². The van der Waals surface area contributed by atoms with E-state index in [1.807, 2.05) is 12.4 Å². The van der Waals surface area contributed by atoms with Gasteiger partial charge in [-0.05, 0) is 32.7 Å². The van der Waals surface area contributed by atoms with Crippen molar-refractivity contribution in [3.8, 4) is 0 Å². The van der Waals surface area contributed by atoms with Crippen LogP contribution in [0.1, 0.15) is 59.1 Å². The number of hydrogen-bond acceptors (Lipinski definition) is 4. The number of aromatic nitrogens is 2.